The Hall–Kier alpha value is -3.26. The number of aromatic amines is 1. The topological polar surface area (TPSA) is 92.7 Å². The fourth-order valence-corrected chi connectivity index (χ4v) is 3.52. The van der Waals surface area contributed by atoms with Crippen LogP contribution < -0.4 is 11.0 Å². The fraction of sp³-hybridized carbons (Fsp3) is 0.158. The SMILES string of the molecule is Cc1nnc(NC(=O)c2ccc3c(c2)[nH]c(=O)n3CCc2ccccc2)s1. The number of nitrogens with zero attached hydrogens (tertiary/aromatic N) is 3. The van der Waals surface area contributed by atoms with Crippen LogP contribution in [0.5, 0.6) is 0 Å². The van der Waals surface area contributed by atoms with Crippen LogP contribution in [0.4, 0.5) is 5.13 Å². The van der Waals surface area contributed by atoms with Crippen LogP contribution in [0.15, 0.2) is 53.3 Å². The first-order valence-corrected chi connectivity index (χ1v) is 9.30. The van der Waals surface area contributed by atoms with Gasteiger partial charge in [0.2, 0.25) is 5.13 Å². The third-order valence-corrected chi connectivity index (χ3v) is 5.00. The number of hydrogen-bond donors (Lipinski definition) is 2. The minimum atomic E-state index is -0.286. The van der Waals surface area contributed by atoms with Gasteiger partial charge in [0.05, 0.1) is 11.0 Å². The molecule has 0 radical (unpaired) electrons. The average Bonchev–Trinajstić information content (AvgIpc) is 3.22. The first kappa shape index (κ1) is 17.2. The van der Waals surface area contributed by atoms with Gasteiger partial charge < -0.3 is 4.98 Å². The molecule has 0 aliphatic heterocycles. The number of fused-ring (bicyclic) bond motifs is 1. The molecular weight excluding hydrogens is 362 g/mol. The highest BCUT2D eigenvalue weighted by Crippen LogP contribution is 2.17. The number of rotatable bonds is 5. The molecule has 136 valence electrons. The van der Waals surface area contributed by atoms with E-state index < -0.39 is 0 Å². The van der Waals surface area contributed by atoms with Crippen molar-refractivity contribution < 1.29 is 4.79 Å². The van der Waals surface area contributed by atoms with Crippen LogP contribution in [0.3, 0.4) is 0 Å². The van der Waals surface area contributed by atoms with Crippen LogP contribution in [0, 0.1) is 6.92 Å². The molecule has 4 rings (SSSR count). The Labute approximate surface area is 158 Å². The Balaban J connectivity index is 1.56. The van der Waals surface area contributed by atoms with Crippen molar-refractivity contribution in [3.63, 3.8) is 0 Å². The molecule has 0 aliphatic carbocycles. The van der Waals surface area contributed by atoms with Crippen molar-refractivity contribution in [1.29, 1.82) is 0 Å². The van der Waals surface area contributed by atoms with Crippen LogP contribution in [-0.2, 0) is 13.0 Å². The van der Waals surface area contributed by atoms with Gasteiger partial charge in [-0.3, -0.25) is 14.7 Å². The molecule has 0 fully saturated rings. The Morgan fingerprint density at radius 3 is 2.74 bits per heavy atom. The number of nitrogens with one attached hydrogen (secondary N) is 2. The third kappa shape index (κ3) is 3.65. The Kier molecular flexibility index (Phi) is 4.55. The number of aromatic nitrogens is 4. The highest BCUT2D eigenvalue weighted by atomic mass is 32.1. The summed E-state index contributed by atoms with van der Waals surface area (Å²) in [5, 5.41) is 11.7. The molecule has 0 spiro atoms. The van der Waals surface area contributed by atoms with Crippen molar-refractivity contribution in [3.8, 4) is 0 Å². The number of hydrogen-bond acceptors (Lipinski definition) is 5. The molecule has 0 atom stereocenters. The van der Waals surface area contributed by atoms with Gasteiger partial charge in [0, 0.05) is 12.1 Å². The first-order valence-electron chi connectivity index (χ1n) is 8.48. The van der Waals surface area contributed by atoms with E-state index in [0.717, 1.165) is 16.9 Å². The maximum Gasteiger partial charge on any atom is 0.326 e. The summed E-state index contributed by atoms with van der Waals surface area (Å²) >= 11 is 1.31. The molecule has 2 aromatic heterocycles. The van der Waals surface area contributed by atoms with E-state index in [1.807, 2.05) is 37.3 Å². The van der Waals surface area contributed by atoms with Crippen LogP contribution in [0.2, 0.25) is 0 Å². The first-order chi connectivity index (χ1) is 13.1. The summed E-state index contributed by atoms with van der Waals surface area (Å²) in [6.45, 7) is 2.39. The van der Waals surface area contributed by atoms with Gasteiger partial charge >= 0.3 is 5.69 Å². The molecule has 7 nitrogen and oxygen atoms in total. The third-order valence-electron chi connectivity index (χ3n) is 4.25. The predicted octanol–water partition coefficient (Wildman–Crippen LogP) is 2.98. The standard InChI is InChI=1S/C19H17N5O2S/c1-12-22-23-18(27-12)21-17(25)14-7-8-16-15(11-14)20-19(26)24(16)10-9-13-5-3-2-4-6-13/h2-8,11H,9-10H2,1H3,(H,20,26)(H,21,23,25). The van der Waals surface area contributed by atoms with E-state index in [4.69, 9.17) is 0 Å². The smallest absolute Gasteiger partial charge is 0.306 e. The number of anilines is 1. The van der Waals surface area contributed by atoms with E-state index in [2.05, 4.69) is 20.5 Å². The van der Waals surface area contributed by atoms with E-state index >= 15 is 0 Å². The summed E-state index contributed by atoms with van der Waals surface area (Å²) < 4.78 is 1.69. The van der Waals surface area contributed by atoms with Gasteiger partial charge in [-0.05, 0) is 37.1 Å². The Bertz CT molecular complexity index is 1160. The quantitative estimate of drug-likeness (QED) is 0.557. The van der Waals surface area contributed by atoms with Gasteiger partial charge in [0.15, 0.2) is 0 Å². The highest BCUT2D eigenvalue weighted by molar-refractivity contribution is 7.15. The number of carbonyl (C=O) groups excluding carboxylic acids is 1. The Morgan fingerprint density at radius 1 is 1.19 bits per heavy atom. The second-order valence-electron chi connectivity index (χ2n) is 6.13. The van der Waals surface area contributed by atoms with Gasteiger partial charge in [-0.15, -0.1) is 10.2 Å². The molecule has 0 saturated heterocycles. The lowest BCUT2D eigenvalue weighted by molar-refractivity contribution is 0.102. The average molecular weight is 379 g/mol. The minimum Gasteiger partial charge on any atom is -0.306 e. The van der Waals surface area contributed by atoms with Crippen molar-refractivity contribution >= 4 is 33.4 Å². The number of benzene rings is 2. The highest BCUT2D eigenvalue weighted by Gasteiger charge is 2.13. The molecule has 2 aromatic carbocycles. The zero-order valence-electron chi connectivity index (χ0n) is 14.6. The molecule has 8 heteroatoms. The number of carbonyl (C=O) groups is 1. The number of aryl methyl sites for hydroxylation is 3. The summed E-state index contributed by atoms with van der Waals surface area (Å²) in [6.07, 6.45) is 0.756. The number of H-pyrrole nitrogens is 1. The molecule has 27 heavy (non-hydrogen) atoms. The molecule has 4 aromatic rings. The predicted molar refractivity (Wildman–Crippen MR) is 105 cm³/mol. The normalized spacial score (nSPS) is 11.0. The maximum absolute atomic E-state index is 12.4. The van der Waals surface area contributed by atoms with Gasteiger partial charge in [-0.2, -0.15) is 0 Å². The fourth-order valence-electron chi connectivity index (χ4n) is 2.93. The summed E-state index contributed by atoms with van der Waals surface area (Å²) in [6, 6.07) is 15.2. The molecule has 2 heterocycles. The van der Waals surface area contributed by atoms with E-state index in [1.165, 1.54) is 16.9 Å². The second kappa shape index (κ2) is 7.16. The minimum absolute atomic E-state index is 0.182. The lowest BCUT2D eigenvalue weighted by Crippen LogP contribution is -2.17. The van der Waals surface area contributed by atoms with Crippen molar-refractivity contribution in [2.45, 2.75) is 19.9 Å². The lowest BCUT2D eigenvalue weighted by Gasteiger charge is -2.05. The summed E-state index contributed by atoms with van der Waals surface area (Å²) in [4.78, 5) is 27.6. The summed E-state index contributed by atoms with van der Waals surface area (Å²) in [5.74, 6) is -0.286. The van der Waals surface area contributed by atoms with Crippen molar-refractivity contribution in [1.82, 2.24) is 19.7 Å². The van der Waals surface area contributed by atoms with Crippen LogP contribution in [0.1, 0.15) is 20.9 Å². The van der Waals surface area contributed by atoms with Crippen LogP contribution in [0.25, 0.3) is 11.0 Å². The molecule has 0 bridgehead atoms. The lowest BCUT2D eigenvalue weighted by atomic mass is 10.1. The zero-order valence-corrected chi connectivity index (χ0v) is 15.4. The maximum atomic E-state index is 12.4. The van der Waals surface area contributed by atoms with Crippen molar-refractivity contribution in [2.24, 2.45) is 0 Å². The summed E-state index contributed by atoms with van der Waals surface area (Å²) in [5.41, 5.74) is 2.85. The number of imidazole rings is 1. The van der Waals surface area contributed by atoms with Gasteiger partial charge in [-0.25, -0.2) is 4.79 Å². The summed E-state index contributed by atoms with van der Waals surface area (Å²) in [7, 11) is 0. The van der Waals surface area contributed by atoms with Gasteiger partial charge in [0.1, 0.15) is 5.01 Å². The van der Waals surface area contributed by atoms with Crippen molar-refractivity contribution in [2.75, 3.05) is 5.32 Å². The molecule has 2 N–H and O–H groups in total. The molecular formula is C19H17N5O2S. The monoisotopic (exact) mass is 379 g/mol. The van der Waals surface area contributed by atoms with Crippen LogP contribution in [-0.4, -0.2) is 25.7 Å². The van der Waals surface area contributed by atoms with E-state index in [-0.39, 0.29) is 11.6 Å². The molecule has 0 saturated carbocycles. The van der Waals surface area contributed by atoms with Crippen molar-refractivity contribution in [3.05, 3.63) is 75.1 Å². The second-order valence-corrected chi connectivity index (χ2v) is 7.31. The van der Waals surface area contributed by atoms with E-state index in [9.17, 15) is 9.59 Å². The number of amides is 1. The Morgan fingerprint density at radius 2 is 2.00 bits per heavy atom. The molecule has 0 unspecified atom stereocenters. The molecule has 0 aliphatic rings. The van der Waals surface area contributed by atoms with Gasteiger partial charge in [0.25, 0.3) is 5.91 Å². The van der Waals surface area contributed by atoms with E-state index in [1.54, 1.807) is 22.8 Å². The van der Waals surface area contributed by atoms with E-state index in [0.29, 0.717) is 22.8 Å². The zero-order chi connectivity index (χ0) is 18.8. The molecule has 1 amide bonds. The van der Waals surface area contributed by atoms with Crippen LogP contribution >= 0.6 is 11.3 Å². The largest absolute Gasteiger partial charge is 0.326 e. The van der Waals surface area contributed by atoms with Gasteiger partial charge in [-0.1, -0.05) is 41.7 Å².